The third-order valence-corrected chi connectivity index (χ3v) is 4.89. The number of benzene rings is 3. The minimum absolute atomic E-state index is 0.00390. The Kier molecular flexibility index (Phi) is 4.96. The zero-order valence-corrected chi connectivity index (χ0v) is 16.3. The van der Waals surface area contributed by atoms with Crippen molar-refractivity contribution in [1.29, 1.82) is 0 Å². The summed E-state index contributed by atoms with van der Waals surface area (Å²) in [6, 6.07) is 22.8. The monoisotopic (exact) mass is 383 g/mol. The third kappa shape index (κ3) is 3.80. The fraction of sp³-hybridized carbons (Fsp3) is 0.125. The van der Waals surface area contributed by atoms with Crippen LogP contribution in [-0.4, -0.2) is 15.6 Å². The van der Waals surface area contributed by atoms with Gasteiger partial charge in [0, 0.05) is 10.9 Å². The lowest BCUT2D eigenvalue weighted by Gasteiger charge is -2.07. The lowest BCUT2D eigenvalue weighted by molar-refractivity contribution is 0.0995. The van der Waals surface area contributed by atoms with Gasteiger partial charge in [0.1, 0.15) is 0 Å². The van der Waals surface area contributed by atoms with Crippen LogP contribution in [0.3, 0.4) is 0 Å². The second kappa shape index (κ2) is 7.72. The highest BCUT2D eigenvalue weighted by Gasteiger charge is 2.17. The van der Waals surface area contributed by atoms with Crippen molar-refractivity contribution in [3.8, 4) is 5.88 Å². The van der Waals surface area contributed by atoms with Gasteiger partial charge in [0.15, 0.2) is 5.69 Å². The van der Waals surface area contributed by atoms with Gasteiger partial charge in [0.05, 0.1) is 12.1 Å². The first-order valence-electron chi connectivity index (χ1n) is 9.41. The van der Waals surface area contributed by atoms with Gasteiger partial charge in [-0.25, -0.2) is 0 Å². The molecule has 0 spiro atoms. The van der Waals surface area contributed by atoms with Gasteiger partial charge >= 0.3 is 0 Å². The molecule has 0 fully saturated rings. The second-order valence-corrected chi connectivity index (χ2v) is 7.14. The van der Waals surface area contributed by atoms with Crippen molar-refractivity contribution in [1.82, 2.24) is 4.57 Å². The van der Waals surface area contributed by atoms with Gasteiger partial charge < -0.3 is 9.67 Å². The molecule has 0 bridgehead atoms. The van der Waals surface area contributed by atoms with Gasteiger partial charge in [0.25, 0.3) is 5.91 Å². The Balaban J connectivity index is 1.76. The Hall–Kier alpha value is -3.73. The van der Waals surface area contributed by atoms with Gasteiger partial charge in [-0.15, -0.1) is 10.2 Å². The van der Waals surface area contributed by atoms with Crippen LogP contribution in [-0.2, 0) is 6.54 Å². The molecule has 0 aliphatic rings. The summed E-state index contributed by atoms with van der Waals surface area (Å²) >= 11 is 0. The van der Waals surface area contributed by atoms with Crippen LogP contribution in [0.2, 0.25) is 0 Å². The zero-order valence-electron chi connectivity index (χ0n) is 16.3. The predicted octanol–water partition coefficient (Wildman–Crippen LogP) is 5.94. The summed E-state index contributed by atoms with van der Waals surface area (Å²) in [6.45, 7) is 4.51. The van der Waals surface area contributed by atoms with E-state index in [9.17, 15) is 9.90 Å². The van der Waals surface area contributed by atoms with E-state index < -0.39 is 5.91 Å². The fourth-order valence-corrected chi connectivity index (χ4v) is 3.31. The molecule has 144 valence electrons. The van der Waals surface area contributed by atoms with E-state index in [1.165, 1.54) is 5.56 Å². The van der Waals surface area contributed by atoms with Crippen molar-refractivity contribution in [3.05, 3.63) is 95.1 Å². The van der Waals surface area contributed by atoms with Gasteiger partial charge in [-0.05, 0) is 43.7 Å². The number of rotatable bonds is 4. The van der Waals surface area contributed by atoms with Gasteiger partial charge in [-0.3, -0.25) is 4.79 Å². The second-order valence-electron chi connectivity index (χ2n) is 7.14. The van der Waals surface area contributed by atoms with E-state index in [2.05, 4.69) is 10.2 Å². The number of amides is 1. The van der Waals surface area contributed by atoms with Crippen LogP contribution >= 0.6 is 0 Å². The number of carbonyl (C=O) groups is 1. The molecule has 0 unspecified atom stereocenters. The van der Waals surface area contributed by atoms with Crippen molar-refractivity contribution in [2.24, 2.45) is 10.2 Å². The molecule has 0 aliphatic heterocycles. The lowest BCUT2D eigenvalue weighted by atomic mass is 10.1. The predicted molar refractivity (Wildman–Crippen MR) is 114 cm³/mol. The Morgan fingerprint density at radius 1 is 0.931 bits per heavy atom. The average Bonchev–Trinajstić information content (AvgIpc) is 2.99. The number of aromatic nitrogens is 1. The number of carbonyl (C=O) groups excluding carboxylic acids is 1. The van der Waals surface area contributed by atoms with Crippen LogP contribution in [0.15, 0.2) is 83.0 Å². The van der Waals surface area contributed by atoms with Crippen LogP contribution in [0.1, 0.15) is 27.0 Å². The van der Waals surface area contributed by atoms with E-state index >= 15 is 0 Å². The first-order valence-corrected chi connectivity index (χ1v) is 9.41. The van der Waals surface area contributed by atoms with Crippen molar-refractivity contribution < 1.29 is 9.90 Å². The first-order chi connectivity index (χ1) is 14.0. The van der Waals surface area contributed by atoms with Crippen LogP contribution < -0.4 is 0 Å². The van der Waals surface area contributed by atoms with E-state index in [-0.39, 0.29) is 5.88 Å². The molecule has 5 nitrogen and oxygen atoms in total. The fourth-order valence-electron chi connectivity index (χ4n) is 3.31. The normalized spacial score (nSPS) is 11.4. The van der Waals surface area contributed by atoms with E-state index in [1.54, 1.807) is 28.8 Å². The van der Waals surface area contributed by atoms with Crippen LogP contribution in [0.4, 0.5) is 5.69 Å². The molecular weight excluding hydrogens is 362 g/mol. The first kappa shape index (κ1) is 18.6. The largest absolute Gasteiger partial charge is 0.493 e. The Bertz CT molecular complexity index is 1210. The molecule has 1 aromatic heterocycles. The summed E-state index contributed by atoms with van der Waals surface area (Å²) < 4.78 is 1.79. The topological polar surface area (TPSA) is 66.9 Å². The summed E-state index contributed by atoms with van der Waals surface area (Å²) in [7, 11) is 0. The van der Waals surface area contributed by atoms with Gasteiger partial charge in [-0.2, -0.15) is 0 Å². The summed E-state index contributed by atoms with van der Waals surface area (Å²) in [5.41, 5.74) is 4.88. The molecule has 0 saturated heterocycles. The maximum Gasteiger partial charge on any atom is 0.295 e. The molecule has 4 aromatic rings. The van der Waals surface area contributed by atoms with E-state index in [0.29, 0.717) is 17.8 Å². The summed E-state index contributed by atoms with van der Waals surface area (Å²) in [6.07, 6.45) is 0. The maximum absolute atomic E-state index is 12.3. The van der Waals surface area contributed by atoms with Crippen molar-refractivity contribution in [3.63, 3.8) is 0 Å². The Labute approximate surface area is 169 Å². The minimum atomic E-state index is -0.447. The van der Waals surface area contributed by atoms with Gasteiger partial charge in [0.2, 0.25) is 5.88 Å². The molecule has 0 atom stereocenters. The van der Waals surface area contributed by atoms with E-state index in [0.717, 1.165) is 22.0 Å². The van der Waals surface area contributed by atoms with Crippen molar-refractivity contribution in [2.75, 3.05) is 0 Å². The third-order valence-electron chi connectivity index (χ3n) is 4.89. The molecule has 29 heavy (non-hydrogen) atoms. The number of aryl methyl sites for hydroxylation is 2. The van der Waals surface area contributed by atoms with E-state index in [1.807, 2.05) is 62.4 Å². The number of hydrogen-bond donors (Lipinski definition) is 1. The molecule has 1 amide bonds. The van der Waals surface area contributed by atoms with Gasteiger partial charge in [-0.1, -0.05) is 59.7 Å². The molecule has 0 radical (unpaired) electrons. The molecule has 3 aromatic carbocycles. The molecule has 5 heteroatoms. The number of nitrogens with zero attached hydrogens (tertiary/aromatic N) is 3. The van der Waals surface area contributed by atoms with E-state index in [4.69, 9.17) is 0 Å². The van der Waals surface area contributed by atoms with Crippen LogP contribution in [0, 0.1) is 13.8 Å². The highest BCUT2D eigenvalue weighted by atomic mass is 16.3. The standard InChI is InChI=1S/C24H21N3O2/c1-16-8-11-18(12-9-16)15-27-21-13-10-17(2)14-20(21)22(24(27)29)25-26-23(28)19-6-4-3-5-7-19/h3-14,29H,15H2,1-2H3. The Morgan fingerprint density at radius 3 is 2.34 bits per heavy atom. The number of fused-ring (bicyclic) bond motifs is 1. The summed E-state index contributed by atoms with van der Waals surface area (Å²) in [5.74, 6) is -0.451. The molecular formula is C24H21N3O2. The number of hydrogen-bond acceptors (Lipinski definition) is 3. The smallest absolute Gasteiger partial charge is 0.295 e. The average molecular weight is 383 g/mol. The lowest BCUT2D eigenvalue weighted by Crippen LogP contribution is -1.98. The van der Waals surface area contributed by atoms with Crippen LogP contribution in [0.5, 0.6) is 5.88 Å². The minimum Gasteiger partial charge on any atom is -0.493 e. The molecule has 1 N–H and O–H groups in total. The summed E-state index contributed by atoms with van der Waals surface area (Å²) in [5, 5.41) is 19.6. The highest BCUT2D eigenvalue weighted by molar-refractivity contribution is 5.97. The quantitative estimate of drug-likeness (QED) is 0.443. The molecule has 0 saturated carbocycles. The Morgan fingerprint density at radius 2 is 1.62 bits per heavy atom. The highest BCUT2D eigenvalue weighted by Crippen LogP contribution is 2.39. The van der Waals surface area contributed by atoms with Crippen molar-refractivity contribution in [2.45, 2.75) is 20.4 Å². The molecule has 1 heterocycles. The van der Waals surface area contributed by atoms with Crippen LogP contribution in [0.25, 0.3) is 10.9 Å². The number of azo groups is 1. The number of aromatic hydroxyl groups is 1. The zero-order chi connectivity index (χ0) is 20.4. The SMILES string of the molecule is Cc1ccc(Cn2c(O)c(N=NC(=O)c3ccccc3)c3cc(C)ccc32)cc1. The maximum atomic E-state index is 12.3. The van der Waals surface area contributed by atoms with Crippen molar-refractivity contribution >= 4 is 22.5 Å². The molecule has 4 rings (SSSR count). The molecule has 0 aliphatic carbocycles. The summed E-state index contributed by atoms with van der Waals surface area (Å²) in [4.78, 5) is 12.3.